The van der Waals surface area contributed by atoms with E-state index < -0.39 is 5.92 Å². The van der Waals surface area contributed by atoms with E-state index in [4.69, 9.17) is 11.6 Å². The molecular weight excluding hydrogens is 366 g/mol. The van der Waals surface area contributed by atoms with Crippen LogP contribution in [0.3, 0.4) is 0 Å². The molecule has 0 radical (unpaired) electrons. The second kappa shape index (κ2) is 7.20. The summed E-state index contributed by atoms with van der Waals surface area (Å²) < 4.78 is 1.76. The number of nitrogens with zero attached hydrogens (tertiary/aromatic N) is 4. The number of aromatic nitrogens is 3. The van der Waals surface area contributed by atoms with Gasteiger partial charge in [-0.3, -0.25) is 14.2 Å². The normalized spacial score (nSPS) is 16.6. The van der Waals surface area contributed by atoms with Crippen LogP contribution in [0.2, 0.25) is 5.02 Å². The average Bonchev–Trinajstić information content (AvgIpc) is 3.33. The minimum absolute atomic E-state index is 0.210. The predicted molar refractivity (Wildman–Crippen MR) is 102 cm³/mol. The molecule has 1 atom stereocenters. The van der Waals surface area contributed by atoms with Crippen molar-refractivity contribution in [3.05, 3.63) is 66.3 Å². The lowest BCUT2D eigenvalue weighted by Gasteiger charge is -2.16. The van der Waals surface area contributed by atoms with Crippen LogP contribution in [0.15, 0.2) is 61.3 Å². The molecule has 1 aliphatic heterocycles. The highest BCUT2D eigenvalue weighted by Crippen LogP contribution is 2.27. The number of benzene rings is 1. The molecule has 1 N–H and O–H groups in total. The van der Waals surface area contributed by atoms with Gasteiger partial charge in [-0.1, -0.05) is 11.6 Å². The molecule has 1 aliphatic rings. The Labute approximate surface area is 160 Å². The van der Waals surface area contributed by atoms with Crippen LogP contribution >= 0.6 is 11.6 Å². The van der Waals surface area contributed by atoms with Gasteiger partial charge in [-0.2, -0.15) is 0 Å². The van der Waals surface area contributed by atoms with Crippen molar-refractivity contribution in [1.82, 2.24) is 14.5 Å². The lowest BCUT2D eigenvalue weighted by atomic mass is 10.1. The van der Waals surface area contributed by atoms with E-state index in [1.165, 1.54) is 0 Å². The molecule has 2 aromatic heterocycles. The molecule has 0 spiro atoms. The van der Waals surface area contributed by atoms with Gasteiger partial charge in [-0.05, 0) is 42.8 Å². The Morgan fingerprint density at radius 2 is 2.00 bits per heavy atom. The van der Waals surface area contributed by atoms with Gasteiger partial charge in [0.05, 0.1) is 11.9 Å². The Kier molecular flexibility index (Phi) is 4.60. The summed E-state index contributed by atoms with van der Waals surface area (Å²) in [5.41, 5.74) is 1.28. The van der Waals surface area contributed by atoms with Crippen LogP contribution in [0.1, 0.15) is 6.42 Å². The number of imidazole rings is 1. The highest BCUT2D eigenvalue weighted by atomic mass is 35.5. The van der Waals surface area contributed by atoms with E-state index in [-0.39, 0.29) is 11.8 Å². The topological polar surface area (TPSA) is 80.1 Å². The first-order valence-corrected chi connectivity index (χ1v) is 8.82. The van der Waals surface area contributed by atoms with Crippen molar-refractivity contribution in [1.29, 1.82) is 0 Å². The summed E-state index contributed by atoms with van der Waals surface area (Å²) in [5, 5.41) is 3.38. The monoisotopic (exact) mass is 381 g/mol. The molecule has 136 valence electrons. The molecule has 1 fully saturated rings. The fraction of sp³-hybridized carbons (Fsp3) is 0.158. The number of hydrogen-bond acceptors (Lipinski definition) is 4. The summed E-state index contributed by atoms with van der Waals surface area (Å²) in [4.78, 5) is 35.1. The largest absolute Gasteiger partial charge is 0.324 e. The number of hydrogen-bond donors (Lipinski definition) is 1. The molecule has 0 bridgehead atoms. The first-order valence-electron chi connectivity index (χ1n) is 8.44. The number of pyridine rings is 1. The molecule has 2 amide bonds. The van der Waals surface area contributed by atoms with E-state index in [1.807, 2.05) is 0 Å². The van der Waals surface area contributed by atoms with Crippen LogP contribution in [-0.2, 0) is 9.59 Å². The summed E-state index contributed by atoms with van der Waals surface area (Å²) in [7, 11) is 0. The SMILES string of the molecule is O=C(Nc1ccc(-n2ccnc2)nc1)C1CCN(c2ccc(Cl)cc2)C1=O. The van der Waals surface area contributed by atoms with Crippen molar-refractivity contribution in [2.45, 2.75) is 6.42 Å². The number of carbonyl (C=O) groups excluding carboxylic acids is 2. The number of nitrogens with one attached hydrogen (secondary N) is 1. The summed E-state index contributed by atoms with van der Waals surface area (Å²) >= 11 is 5.89. The molecule has 7 nitrogen and oxygen atoms in total. The molecule has 3 heterocycles. The first-order chi connectivity index (χ1) is 13.1. The van der Waals surface area contributed by atoms with Crippen molar-refractivity contribution in [2.24, 2.45) is 5.92 Å². The quantitative estimate of drug-likeness (QED) is 0.704. The number of anilines is 2. The highest BCUT2D eigenvalue weighted by Gasteiger charge is 2.37. The van der Waals surface area contributed by atoms with Gasteiger partial charge in [0.15, 0.2) is 0 Å². The van der Waals surface area contributed by atoms with Crippen LogP contribution in [0.5, 0.6) is 0 Å². The Morgan fingerprint density at radius 3 is 2.67 bits per heavy atom. The van der Waals surface area contributed by atoms with Gasteiger partial charge in [0, 0.05) is 29.6 Å². The fourth-order valence-corrected chi connectivity index (χ4v) is 3.16. The number of carbonyl (C=O) groups is 2. The summed E-state index contributed by atoms with van der Waals surface area (Å²) in [6, 6.07) is 10.5. The van der Waals surface area contributed by atoms with E-state index >= 15 is 0 Å². The zero-order valence-corrected chi connectivity index (χ0v) is 15.0. The van der Waals surface area contributed by atoms with Gasteiger partial charge in [0.1, 0.15) is 18.1 Å². The van der Waals surface area contributed by atoms with Gasteiger partial charge >= 0.3 is 0 Å². The van der Waals surface area contributed by atoms with Crippen LogP contribution in [0, 0.1) is 5.92 Å². The lowest BCUT2D eigenvalue weighted by molar-refractivity contribution is -0.129. The summed E-state index contributed by atoms with van der Waals surface area (Å²) in [5.74, 6) is -0.558. The molecule has 0 aliphatic carbocycles. The zero-order valence-electron chi connectivity index (χ0n) is 14.2. The van der Waals surface area contributed by atoms with Crippen LogP contribution < -0.4 is 10.2 Å². The van der Waals surface area contributed by atoms with Gasteiger partial charge in [-0.25, -0.2) is 9.97 Å². The van der Waals surface area contributed by atoms with Crippen molar-refractivity contribution in [3.8, 4) is 5.82 Å². The van der Waals surface area contributed by atoms with Crippen LogP contribution in [0.25, 0.3) is 5.82 Å². The minimum atomic E-state index is -0.714. The number of amides is 2. The second-order valence-electron chi connectivity index (χ2n) is 6.17. The van der Waals surface area contributed by atoms with Crippen molar-refractivity contribution in [3.63, 3.8) is 0 Å². The standard InChI is InChI=1S/C19H16ClN5O2/c20-13-1-4-15(5-2-13)25-9-7-16(19(25)27)18(26)23-14-3-6-17(22-11-14)24-10-8-21-12-24/h1-6,8,10-12,16H,7,9H2,(H,23,26). The van der Waals surface area contributed by atoms with Crippen molar-refractivity contribution < 1.29 is 9.59 Å². The molecule has 1 saturated heterocycles. The van der Waals surface area contributed by atoms with Crippen molar-refractivity contribution >= 4 is 34.8 Å². The fourth-order valence-electron chi connectivity index (χ4n) is 3.04. The Balaban J connectivity index is 1.42. The van der Waals surface area contributed by atoms with Crippen molar-refractivity contribution in [2.75, 3.05) is 16.8 Å². The molecule has 0 saturated carbocycles. The summed E-state index contributed by atoms with van der Waals surface area (Å²) in [6.45, 7) is 0.496. The maximum Gasteiger partial charge on any atom is 0.239 e. The molecule has 8 heteroatoms. The highest BCUT2D eigenvalue weighted by molar-refractivity contribution is 6.30. The smallest absolute Gasteiger partial charge is 0.239 e. The molecule has 3 aromatic rings. The van der Waals surface area contributed by atoms with E-state index in [0.29, 0.717) is 29.5 Å². The van der Waals surface area contributed by atoms with E-state index in [1.54, 1.807) is 70.8 Å². The molecule has 1 aromatic carbocycles. The zero-order chi connectivity index (χ0) is 18.8. The Hall–Kier alpha value is -3.19. The molecule has 1 unspecified atom stereocenters. The Morgan fingerprint density at radius 1 is 1.19 bits per heavy atom. The lowest BCUT2D eigenvalue weighted by Crippen LogP contribution is -2.33. The number of rotatable bonds is 4. The maximum atomic E-state index is 12.6. The minimum Gasteiger partial charge on any atom is -0.324 e. The van der Waals surface area contributed by atoms with Gasteiger partial charge in [0.2, 0.25) is 11.8 Å². The van der Waals surface area contributed by atoms with Crippen LogP contribution in [0.4, 0.5) is 11.4 Å². The van der Waals surface area contributed by atoms with E-state index in [2.05, 4.69) is 15.3 Å². The predicted octanol–water partition coefficient (Wildman–Crippen LogP) is 2.91. The van der Waals surface area contributed by atoms with Crippen LogP contribution in [-0.4, -0.2) is 32.9 Å². The first kappa shape index (κ1) is 17.2. The molecule has 27 heavy (non-hydrogen) atoms. The molecule has 4 rings (SSSR count). The third-order valence-electron chi connectivity index (χ3n) is 4.44. The van der Waals surface area contributed by atoms with Gasteiger partial charge in [-0.15, -0.1) is 0 Å². The third kappa shape index (κ3) is 3.54. The Bertz CT molecular complexity index is 955. The molecular formula is C19H16ClN5O2. The van der Waals surface area contributed by atoms with Gasteiger partial charge in [0.25, 0.3) is 0 Å². The summed E-state index contributed by atoms with van der Waals surface area (Å²) in [6.07, 6.45) is 7.11. The average molecular weight is 382 g/mol. The van der Waals surface area contributed by atoms with E-state index in [9.17, 15) is 9.59 Å². The van der Waals surface area contributed by atoms with Gasteiger partial charge < -0.3 is 10.2 Å². The maximum absolute atomic E-state index is 12.6. The number of halogens is 1. The van der Waals surface area contributed by atoms with E-state index in [0.717, 1.165) is 5.69 Å². The third-order valence-corrected chi connectivity index (χ3v) is 4.70. The second-order valence-corrected chi connectivity index (χ2v) is 6.61.